The smallest absolute Gasteiger partial charge is 0.217 e. The lowest BCUT2D eigenvalue weighted by molar-refractivity contribution is 0.278. The molecular weight excluding hydrogens is 284 g/mol. The molecule has 21 heavy (non-hydrogen) atoms. The van der Waals surface area contributed by atoms with E-state index in [2.05, 4.69) is 36.1 Å². The lowest BCUT2D eigenvalue weighted by Crippen LogP contribution is -2.37. The molecule has 1 aliphatic carbocycles. The SMILES string of the molecule is Cc1ccc(CN2CCCN(S(=O)(=O)C3CC3)CC2)cc1. The molecule has 4 nitrogen and oxygen atoms in total. The molecule has 5 heteroatoms. The summed E-state index contributed by atoms with van der Waals surface area (Å²) in [6, 6.07) is 8.60. The first-order valence-electron chi connectivity index (χ1n) is 7.82. The normalized spacial score (nSPS) is 22.1. The van der Waals surface area contributed by atoms with Crippen LogP contribution in [0.1, 0.15) is 30.4 Å². The van der Waals surface area contributed by atoms with E-state index in [0.717, 1.165) is 38.9 Å². The molecule has 0 amide bonds. The molecule has 0 aromatic heterocycles. The first-order valence-corrected chi connectivity index (χ1v) is 9.33. The minimum absolute atomic E-state index is 0.0823. The summed E-state index contributed by atoms with van der Waals surface area (Å²) in [5.74, 6) is 0. The summed E-state index contributed by atoms with van der Waals surface area (Å²) in [6.45, 7) is 6.15. The van der Waals surface area contributed by atoms with Gasteiger partial charge in [0.25, 0.3) is 0 Å². The quantitative estimate of drug-likeness (QED) is 0.854. The van der Waals surface area contributed by atoms with Gasteiger partial charge in [-0.15, -0.1) is 0 Å². The van der Waals surface area contributed by atoms with Gasteiger partial charge in [0, 0.05) is 26.2 Å². The maximum atomic E-state index is 12.3. The van der Waals surface area contributed by atoms with Crippen LogP contribution in [0.15, 0.2) is 24.3 Å². The Kier molecular flexibility index (Phi) is 4.33. The summed E-state index contributed by atoms with van der Waals surface area (Å²) >= 11 is 0. The number of rotatable bonds is 4. The van der Waals surface area contributed by atoms with Crippen LogP contribution in [0, 0.1) is 6.92 Å². The minimum Gasteiger partial charge on any atom is -0.298 e. The molecule has 0 spiro atoms. The van der Waals surface area contributed by atoms with Crippen LogP contribution in [-0.4, -0.2) is 49.1 Å². The van der Waals surface area contributed by atoms with Gasteiger partial charge in [-0.2, -0.15) is 0 Å². The van der Waals surface area contributed by atoms with Crippen molar-refractivity contribution in [2.75, 3.05) is 26.2 Å². The number of hydrogen-bond donors (Lipinski definition) is 0. The van der Waals surface area contributed by atoms with Gasteiger partial charge in [0.15, 0.2) is 0 Å². The van der Waals surface area contributed by atoms with E-state index in [4.69, 9.17) is 0 Å². The molecule has 1 heterocycles. The largest absolute Gasteiger partial charge is 0.298 e. The highest BCUT2D eigenvalue weighted by Gasteiger charge is 2.40. The van der Waals surface area contributed by atoms with Crippen molar-refractivity contribution >= 4 is 10.0 Å². The predicted octanol–water partition coefficient (Wildman–Crippen LogP) is 1.99. The second-order valence-corrected chi connectivity index (χ2v) is 8.47. The second kappa shape index (κ2) is 6.07. The van der Waals surface area contributed by atoms with E-state index in [1.54, 1.807) is 4.31 Å². The summed E-state index contributed by atoms with van der Waals surface area (Å²) in [5, 5.41) is -0.0823. The van der Waals surface area contributed by atoms with E-state index in [-0.39, 0.29) is 5.25 Å². The van der Waals surface area contributed by atoms with Crippen molar-refractivity contribution in [1.29, 1.82) is 0 Å². The molecule has 1 saturated carbocycles. The molecule has 0 unspecified atom stereocenters. The minimum atomic E-state index is -3.01. The molecule has 0 radical (unpaired) electrons. The monoisotopic (exact) mass is 308 g/mol. The van der Waals surface area contributed by atoms with Gasteiger partial charge in [-0.05, 0) is 38.3 Å². The van der Waals surface area contributed by atoms with Crippen LogP contribution in [0.2, 0.25) is 0 Å². The Labute approximate surface area is 127 Å². The van der Waals surface area contributed by atoms with Gasteiger partial charge in [0.1, 0.15) is 0 Å². The van der Waals surface area contributed by atoms with Gasteiger partial charge >= 0.3 is 0 Å². The van der Waals surface area contributed by atoms with Gasteiger partial charge in [-0.25, -0.2) is 12.7 Å². The van der Waals surface area contributed by atoms with E-state index >= 15 is 0 Å². The molecule has 0 N–H and O–H groups in total. The van der Waals surface area contributed by atoms with Crippen molar-refractivity contribution in [3.63, 3.8) is 0 Å². The molecular formula is C16H24N2O2S. The summed E-state index contributed by atoms with van der Waals surface area (Å²) in [4.78, 5) is 2.37. The van der Waals surface area contributed by atoms with Gasteiger partial charge < -0.3 is 0 Å². The summed E-state index contributed by atoms with van der Waals surface area (Å²) in [6.07, 6.45) is 2.63. The van der Waals surface area contributed by atoms with Crippen molar-refractivity contribution < 1.29 is 8.42 Å². The zero-order valence-electron chi connectivity index (χ0n) is 12.7. The molecule has 1 aromatic rings. The van der Waals surface area contributed by atoms with Crippen molar-refractivity contribution in [3.05, 3.63) is 35.4 Å². The zero-order chi connectivity index (χ0) is 14.9. The molecule has 1 aromatic carbocycles. The third-order valence-electron chi connectivity index (χ3n) is 4.38. The summed E-state index contributed by atoms with van der Waals surface area (Å²) in [7, 11) is -3.01. The van der Waals surface area contributed by atoms with Crippen LogP contribution in [0.3, 0.4) is 0 Å². The number of nitrogens with zero attached hydrogens (tertiary/aromatic N) is 2. The highest BCUT2D eigenvalue weighted by Crippen LogP contribution is 2.31. The van der Waals surface area contributed by atoms with E-state index in [0.29, 0.717) is 13.1 Å². The van der Waals surface area contributed by atoms with Crippen molar-refractivity contribution in [1.82, 2.24) is 9.21 Å². The highest BCUT2D eigenvalue weighted by molar-refractivity contribution is 7.90. The van der Waals surface area contributed by atoms with Crippen LogP contribution in [-0.2, 0) is 16.6 Å². The number of hydrogen-bond acceptors (Lipinski definition) is 3. The average Bonchev–Trinajstić information content (AvgIpc) is 3.27. The summed E-state index contributed by atoms with van der Waals surface area (Å²) < 4.78 is 26.3. The number of aryl methyl sites for hydroxylation is 1. The predicted molar refractivity (Wildman–Crippen MR) is 84.6 cm³/mol. The van der Waals surface area contributed by atoms with Crippen molar-refractivity contribution in [2.45, 2.75) is 38.0 Å². The molecule has 0 atom stereocenters. The Morgan fingerprint density at radius 2 is 1.76 bits per heavy atom. The van der Waals surface area contributed by atoms with Crippen molar-refractivity contribution in [3.8, 4) is 0 Å². The zero-order valence-corrected chi connectivity index (χ0v) is 13.5. The fourth-order valence-corrected chi connectivity index (χ4v) is 4.76. The average molecular weight is 308 g/mol. The van der Waals surface area contributed by atoms with Crippen LogP contribution >= 0.6 is 0 Å². The van der Waals surface area contributed by atoms with Crippen molar-refractivity contribution in [2.24, 2.45) is 0 Å². The summed E-state index contributed by atoms with van der Waals surface area (Å²) in [5.41, 5.74) is 2.58. The van der Waals surface area contributed by atoms with Gasteiger partial charge in [-0.1, -0.05) is 29.8 Å². The molecule has 1 saturated heterocycles. The first kappa shape index (κ1) is 15.0. The Bertz CT molecular complexity index is 579. The van der Waals surface area contributed by atoms with Gasteiger partial charge in [0.05, 0.1) is 5.25 Å². The fourth-order valence-electron chi connectivity index (χ4n) is 2.89. The molecule has 2 aliphatic rings. The van der Waals surface area contributed by atoms with Crippen LogP contribution in [0.4, 0.5) is 0 Å². The third-order valence-corrected chi connectivity index (χ3v) is 6.78. The van der Waals surface area contributed by atoms with Crippen LogP contribution in [0.5, 0.6) is 0 Å². The Morgan fingerprint density at radius 1 is 1.05 bits per heavy atom. The Morgan fingerprint density at radius 3 is 2.43 bits per heavy atom. The lowest BCUT2D eigenvalue weighted by Gasteiger charge is -2.21. The molecule has 2 fully saturated rings. The Balaban J connectivity index is 1.59. The standard InChI is InChI=1S/C16H24N2O2S/c1-14-3-5-15(6-4-14)13-17-9-2-10-18(12-11-17)21(19,20)16-7-8-16/h3-6,16H,2,7-13H2,1H3. The molecule has 1 aliphatic heterocycles. The number of sulfonamides is 1. The Hall–Kier alpha value is -0.910. The van der Waals surface area contributed by atoms with E-state index in [9.17, 15) is 8.42 Å². The van der Waals surface area contributed by atoms with E-state index < -0.39 is 10.0 Å². The highest BCUT2D eigenvalue weighted by atomic mass is 32.2. The van der Waals surface area contributed by atoms with Gasteiger partial charge in [0.2, 0.25) is 10.0 Å². The topological polar surface area (TPSA) is 40.6 Å². The lowest BCUT2D eigenvalue weighted by atomic mass is 10.1. The van der Waals surface area contributed by atoms with E-state index in [1.807, 2.05) is 0 Å². The third kappa shape index (κ3) is 3.65. The molecule has 3 rings (SSSR count). The second-order valence-electron chi connectivity index (χ2n) is 6.26. The van der Waals surface area contributed by atoms with Gasteiger partial charge in [-0.3, -0.25) is 4.90 Å². The fraction of sp³-hybridized carbons (Fsp3) is 0.625. The first-order chi connectivity index (χ1) is 10.1. The molecule has 0 bridgehead atoms. The maximum absolute atomic E-state index is 12.3. The van der Waals surface area contributed by atoms with E-state index in [1.165, 1.54) is 11.1 Å². The van der Waals surface area contributed by atoms with Crippen LogP contribution in [0.25, 0.3) is 0 Å². The maximum Gasteiger partial charge on any atom is 0.217 e. The number of benzene rings is 1. The van der Waals surface area contributed by atoms with Crippen LogP contribution < -0.4 is 0 Å². The molecule has 116 valence electrons.